The average Bonchev–Trinajstić information content (AvgIpc) is 3.20. The maximum atomic E-state index is 13.4. The first-order chi connectivity index (χ1) is 15.3. The summed E-state index contributed by atoms with van der Waals surface area (Å²) in [5.74, 6) is 0.453. The average molecular weight is 468 g/mol. The van der Waals surface area contributed by atoms with Crippen molar-refractivity contribution in [3.8, 4) is 5.75 Å². The SMILES string of the molecule is CCOc1ccc2nc(N(Cc3ccccn3)C(=O)c3ccc(S(C)(=O)=O)cc3)sc2c1. The number of pyridine rings is 1. The van der Waals surface area contributed by atoms with Crippen LogP contribution in [0, 0.1) is 0 Å². The van der Waals surface area contributed by atoms with Crippen LogP contribution in [0.4, 0.5) is 5.13 Å². The number of nitrogens with zero attached hydrogens (tertiary/aromatic N) is 3. The summed E-state index contributed by atoms with van der Waals surface area (Å²) in [6.07, 6.45) is 2.81. The number of rotatable bonds is 7. The normalized spacial score (nSPS) is 11.4. The van der Waals surface area contributed by atoms with E-state index in [9.17, 15) is 13.2 Å². The summed E-state index contributed by atoms with van der Waals surface area (Å²) >= 11 is 1.39. The van der Waals surface area contributed by atoms with E-state index in [1.54, 1.807) is 11.1 Å². The van der Waals surface area contributed by atoms with Crippen LogP contribution in [-0.2, 0) is 16.4 Å². The van der Waals surface area contributed by atoms with Crippen LogP contribution in [0.15, 0.2) is 71.8 Å². The molecule has 0 bridgehead atoms. The van der Waals surface area contributed by atoms with E-state index in [-0.39, 0.29) is 17.3 Å². The predicted octanol–water partition coefficient (Wildman–Crippen LogP) is 4.34. The van der Waals surface area contributed by atoms with Crippen molar-refractivity contribution in [2.24, 2.45) is 0 Å². The molecular weight excluding hydrogens is 446 g/mol. The van der Waals surface area contributed by atoms with Crippen molar-refractivity contribution in [1.29, 1.82) is 0 Å². The molecule has 2 aromatic carbocycles. The van der Waals surface area contributed by atoms with E-state index in [2.05, 4.69) is 9.97 Å². The first kappa shape index (κ1) is 21.9. The maximum absolute atomic E-state index is 13.4. The van der Waals surface area contributed by atoms with Crippen LogP contribution in [0.3, 0.4) is 0 Å². The van der Waals surface area contributed by atoms with Gasteiger partial charge in [-0.2, -0.15) is 0 Å². The van der Waals surface area contributed by atoms with Crippen LogP contribution < -0.4 is 9.64 Å². The molecule has 0 saturated carbocycles. The summed E-state index contributed by atoms with van der Waals surface area (Å²) in [7, 11) is -3.35. The fourth-order valence-electron chi connectivity index (χ4n) is 3.15. The zero-order valence-corrected chi connectivity index (χ0v) is 19.2. The van der Waals surface area contributed by atoms with Crippen molar-refractivity contribution in [1.82, 2.24) is 9.97 Å². The Balaban J connectivity index is 1.73. The molecule has 0 fully saturated rings. The predicted molar refractivity (Wildman–Crippen MR) is 125 cm³/mol. The first-order valence-electron chi connectivity index (χ1n) is 9.90. The highest BCUT2D eigenvalue weighted by atomic mass is 32.2. The number of aromatic nitrogens is 2. The van der Waals surface area contributed by atoms with Crippen molar-refractivity contribution >= 4 is 42.4 Å². The Morgan fingerprint density at radius 1 is 1.09 bits per heavy atom. The van der Waals surface area contributed by atoms with E-state index >= 15 is 0 Å². The second-order valence-corrected chi connectivity index (χ2v) is 10.1. The Morgan fingerprint density at radius 2 is 1.88 bits per heavy atom. The van der Waals surface area contributed by atoms with Gasteiger partial charge in [0.25, 0.3) is 5.91 Å². The maximum Gasteiger partial charge on any atom is 0.260 e. The summed E-state index contributed by atoms with van der Waals surface area (Å²) in [6, 6.07) is 17.1. The molecule has 0 spiro atoms. The lowest BCUT2D eigenvalue weighted by atomic mass is 10.2. The molecule has 0 N–H and O–H groups in total. The first-order valence-corrected chi connectivity index (χ1v) is 12.6. The van der Waals surface area contributed by atoms with Crippen molar-refractivity contribution in [3.05, 3.63) is 78.1 Å². The third-order valence-electron chi connectivity index (χ3n) is 4.71. The number of amides is 1. The van der Waals surface area contributed by atoms with Gasteiger partial charge in [0.15, 0.2) is 15.0 Å². The Kier molecular flexibility index (Phi) is 6.20. The van der Waals surface area contributed by atoms with Gasteiger partial charge in [0, 0.05) is 18.0 Å². The summed E-state index contributed by atoms with van der Waals surface area (Å²) in [6.45, 7) is 2.71. The molecule has 32 heavy (non-hydrogen) atoms. The van der Waals surface area contributed by atoms with Crippen LogP contribution in [0.1, 0.15) is 23.0 Å². The highest BCUT2D eigenvalue weighted by Gasteiger charge is 2.23. The number of anilines is 1. The Labute approximate surface area is 190 Å². The van der Waals surface area contributed by atoms with Gasteiger partial charge in [-0.25, -0.2) is 13.4 Å². The fourth-order valence-corrected chi connectivity index (χ4v) is 4.77. The van der Waals surface area contributed by atoms with E-state index in [1.165, 1.54) is 35.6 Å². The number of carbonyl (C=O) groups is 1. The number of thiazole rings is 1. The third kappa shape index (κ3) is 4.79. The van der Waals surface area contributed by atoms with Crippen LogP contribution in [0.5, 0.6) is 5.75 Å². The number of hydrogen-bond donors (Lipinski definition) is 0. The topological polar surface area (TPSA) is 89.5 Å². The molecule has 164 valence electrons. The lowest BCUT2D eigenvalue weighted by molar-refractivity contribution is 0.0984. The van der Waals surface area contributed by atoms with Crippen LogP contribution >= 0.6 is 11.3 Å². The molecule has 4 aromatic rings. The Hall–Kier alpha value is -3.30. The lowest BCUT2D eigenvalue weighted by Crippen LogP contribution is -2.30. The highest BCUT2D eigenvalue weighted by Crippen LogP contribution is 2.33. The number of carbonyl (C=O) groups excluding carboxylic acids is 1. The molecule has 2 aromatic heterocycles. The monoisotopic (exact) mass is 467 g/mol. The number of sulfone groups is 1. The van der Waals surface area contributed by atoms with E-state index in [0.717, 1.165) is 22.2 Å². The van der Waals surface area contributed by atoms with Crippen molar-refractivity contribution in [2.45, 2.75) is 18.4 Å². The smallest absolute Gasteiger partial charge is 0.260 e. The Morgan fingerprint density at radius 3 is 2.53 bits per heavy atom. The molecular formula is C23H21N3O4S2. The Bertz CT molecular complexity index is 1350. The van der Waals surface area contributed by atoms with Gasteiger partial charge in [-0.3, -0.25) is 14.7 Å². The largest absolute Gasteiger partial charge is 0.494 e. The van der Waals surface area contributed by atoms with Crippen molar-refractivity contribution in [2.75, 3.05) is 17.8 Å². The molecule has 0 atom stereocenters. The number of hydrogen-bond acceptors (Lipinski definition) is 7. The van der Waals surface area contributed by atoms with E-state index in [1.807, 2.05) is 43.3 Å². The van der Waals surface area contributed by atoms with Gasteiger partial charge in [-0.1, -0.05) is 17.4 Å². The number of ether oxygens (including phenoxy) is 1. The number of benzene rings is 2. The van der Waals surface area contributed by atoms with Crippen LogP contribution in [0.2, 0.25) is 0 Å². The van der Waals surface area contributed by atoms with Gasteiger partial charge in [0.05, 0.1) is 34.0 Å². The lowest BCUT2D eigenvalue weighted by Gasteiger charge is -2.19. The molecule has 4 rings (SSSR count). The van der Waals surface area contributed by atoms with Gasteiger partial charge in [-0.05, 0) is 61.5 Å². The van der Waals surface area contributed by atoms with Gasteiger partial charge in [-0.15, -0.1) is 0 Å². The molecule has 0 aliphatic heterocycles. The molecule has 0 aliphatic rings. The summed E-state index contributed by atoms with van der Waals surface area (Å²) in [5.41, 5.74) is 1.84. The van der Waals surface area contributed by atoms with E-state index in [4.69, 9.17) is 4.74 Å². The second kappa shape index (κ2) is 9.05. The molecule has 0 unspecified atom stereocenters. The van der Waals surface area contributed by atoms with Crippen LogP contribution in [-0.4, -0.2) is 37.2 Å². The minimum absolute atomic E-state index is 0.161. The van der Waals surface area contributed by atoms with Gasteiger partial charge in [0.2, 0.25) is 0 Å². The number of fused-ring (bicyclic) bond motifs is 1. The van der Waals surface area contributed by atoms with E-state index in [0.29, 0.717) is 23.0 Å². The van der Waals surface area contributed by atoms with Crippen molar-refractivity contribution in [3.63, 3.8) is 0 Å². The molecule has 0 aliphatic carbocycles. The van der Waals surface area contributed by atoms with Gasteiger partial charge >= 0.3 is 0 Å². The zero-order valence-electron chi connectivity index (χ0n) is 17.6. The highest BCUT2D eigenvalue weighted by molar-refractivity contribution is 7.90. The standard InChI is InChI=1S/C23H21N3O4S2/c1-3-30-18-9-12-20-21(14-18)31-23(25-20)26(15-17-6-4-5-13-24-17)22(27)16-7-10-19(11-8-16)32(2,28)29/h4-14H,3,15H2,1-2H3. The van der Waals surface area contributed by atoms with Gasteiger partial charge < -0.3 is 4.74 Å². The van der Waals surface area contributed by atoms with Crippen LogP contribution in [0.25, 0.3) is 10.2 Å². The molecule has 0 radical (unpaired) electrons. The molecule has 2 heterocycles. The fraction of sp³-hybridized carbons (Fsp3) is 0.174. The third-order valence-corrected chi connectivity index (χ3v) is 6.88. The molecule has 9 heteroatoms. The quantitative estimate of drug-likeness (QED) is 0.402. The van der Waals surface area contributed by atoms with Crippen molar-refractivity contribution < 1.29 is 17.9 Å². The minimum atomic E-state index is -3.35. The van der Waals surface area contributed by atoms with Gasteiger partial charge in [0.1, 0.15) is 5.75 Å². The summed E-state index contributed by atoms with van der Waals surface area (Å²) < 4.78 is 30.0. The second-order valence-electron chi connectivity index (χ2n) is 7.07. The summed E-state index contributed by atoms with van der Waals surface area (Å²) in [5, 5.41) is 0.525. The molecule has 7 nitrogen and oxygen atoms in total. The molecule has 0 saturated heterocycles. The zero-order chi connectivity index (χ0) is 22.7. The summed E-state index contributed by atoms with van der Waals surface area (Å²) in [4.78, 5) is 24.2. The van der Waals surface area contributed by atoms with E-state index < -0.39 is 9.84 Å². The molecule has 1 amide bonds. The minimum Gasteiger partial charge on any atom is -0.494 e.